The lowest BCUT2D eigenvalue weighted by Gasteiger charge is -2.53. The van der Waals surface area contributed by atoms with Gasteiger partial charge in [0.2, 0.25) is 11.7 Å². The average Bonchev–Trinajstić information content (AvgIpc) is 3.46. The molecule has 11 atom stereocenters. The molecule has 2 aliphatic rings. The minimum Gasteiger partial charge on any atom is -0.507 e. The van der Waals surface area contributed by atoms with Crippen molar-refractivity contribution in [2.75, 3.05) is 13.7 Å². The molecule has 2 saturated heterocycles. The van der Waals surface area contributed by atoms with E-state index in [-0.39, 0.29) is 24.1 Å². The number of hydrogen-bond donors (Lipinski definition) is 7. The van der Waals surface area contributed by atoms with E-state index in [2.05, 4.69) is 5.32 Å². The highest BCUT2D eigenvalue weighted by Crippen LogP contribution is 2.44. The predicted octanol–water partition coefficient (Wildman–Crippen LogP) is 3.09. The minimum atomic E-state index is -2.34. The van der Waals surface area contributed by atoms with Gasteiger partial charge >= 0.3 is 0 Å². The van der Waals surface area contributed by atoms with Crippen molar-refractivity contribution < 1.29 is 54.4 Å². The van der Waals surface area contributed by atoms with Gasteiger partial charge in [-0.3, -0.25) is 14.4 Å². The summed E-state index contributed by atoms with van der Waals surface area (Å²) in [6.07, 6.45) is 13.0. The van der Waals surface area contributed by atoms with Crippen LogP contribution in [0.2, 0.25) is 0 Å². The maximum absolute atomic E-state index is 13.3. The lowest BCUT2D eigenvalue weighted by Crippen LogP contribution is -2.69. The fourth-order valence-corrected chi connectivity index (χ4v) is 7.27. The van der Waals surface area contributed by atoms with E-state index in [1.807, 2.05) is 26.8 Å². The highest BCUT2D eigenvalue weighted by Gasteiger charge is 2.60. The first kappa shape index (κ1) is 48.1. The van der Waals surface area contributed by atoms with Crippen LogP contribution in [0.3, 0.4) is 0 Å². The number of aromatic nitrogens is 1. The molecule has 7 N–H and O–H groups in total. The summed E-state index contributed by atoms with van der Waals surface area (Å²) < 4.78 is 19.0. The Morgan fingerprint density at radius 1 is 1.00 bits per heavy atom. The van der Waals surface area contributed by atoms with Crippen molar-refractivity contribution in [1.29, 1.82) is 0 Å². The second kappa shape index (κ2) is 21.1. The smallest absolute Gasteiger partial charge is 0.265 e. The number of allylic oxidation sites excluding steroid dienone is 10. The molecule has 0 unspecified atom stereocenters. The van der Waals surface area contributed by atoms with E-state index in [1.165, 1.54) is 44.0 Å². The van der Waals surface area contributed by atoms with Crippen molar-refractivity contribution in [3.63, 3.8) is 0 Å². The second-order valence-electron chi connectivity index (χ2n) is 15.5. The van der Waals surface area contributed by atoms with Gasteiger partial charge in [0.25, 0.3) is 5.56 Å². The maximum atomic E-state index is 13.3. The fraction of sp³-hybridized carbons (Fsp3) is 0.523. The van der Waals surface area contributed by atoms with Crippen molar-refractivity contribution in [2.45, 2.75) is 110 Å². The zero-order chi connectivity index (χ0) is 43.5. The summed E-state index contributed by atoms with van der Waals surface area (Å²) >= 11 is 0. The molecule has 0 radical (unpaired) electrons. The molecule has 1 aromatic rings. The van der Waals surface area contributed by atoms with Gasteiger partial charge < -0.3 is 54.7 Å². The first-order valence-electron chi connectivity index (χ1n) is 19.5. The van der Waals surface area contributed by atoms with Crippen molar-refractivity contribution in [1.82, 2.24) is 9.88 Å². The number of methoxy groups -OCH3 is 1. The Morgan fingerprint density at radius 2 is 1.67 bits per heavy atom. The van der Waals surface area contributed by atoms with Crippen LogP contribution in [-0.2, 0) is 26.1 Å². The number of amides is 1. The molecule has 1 aromatic heterocycles. The first-order chi connectivity index (χ1) is 27.3. The number of nitrogens with zero attached hydrogens (tertiary/aromatic N) is 1. The highest BCUT2D eigenvalue weighted by molar-refractivity contribution is 6.09. The summed E-state index contributed by atoms with van der Waals surface area (Å²) in [4.78, 5) is 38.4. The SMILES string of the molecule is CC=CC=C[C@@H]1O[C@@](O)([C@H](CC)C(=O)NCC=CC=C(C)[C@H](OC)[C@@H](C)[C@H]2O[C@H](C=CC=CC=C(C)C(=O)c3c(O)ccn(C)c3=O)[C@@H](O)[C@@H]2O)[C@@H](O)[C@H](O)C1(C)C. The predicted molar refractivity (Wildman–Crippen MR) is 220 cm³/mol. The first-order valence-corrected chi connectivity index (χ1v) is 19.5. The average molecular weight is 811 g/mol. The quantitative estimate of drug-likeness (QED) is 0.0687. The summed E-state index contributed by atoms with van der Waals surface area (Å²) in [6, 6.07) is 1.27. The Kier molecular flexibility index (Phi) is 17.5. The van der Waals surface area contributed by atoms with E-state index in [0.717, 1.165) is 5.57 Å². The van der Waals surface area contributed by atoms with Crippen molar-refractivity contribution in [3.05, 3.63) is 112 Å². The van der Waals surface area contributed by atoms with E-state index in [4.69, 9.17) is 14.2 Å². The number of aliphatic hydroxyl groups is 5. The molecule has 0 aromatic carbocycles. The van der Waals surface area contributed by atoms with Gasteiger partial charge in [0.1, 0.15) is 35.7 Å². The molecule has 2 fully saturated rings. The van der Waals surface area contributed by atoms with E-state index in [9.17, 15) is 45.0 Å². The number of aryl methyl sites for hydroxylation is 1. The zero-order valence-electron chi connectivity index (χ0n) is 34.9. The Bertz CT molecular complexity index is 1860. The van der Waals surface area contributed by atoms with Crippen LogP contribution in [0.1, 0.15) is 65.2 Å². The van der Waals surface area contributed by atoms with Crippen LogP contribution in [0.25, 0.3) is 0 Å². The van der Waals surface area contributed by atoms with E-state index in [0.29, 0.717) is 0 Å². The number of carbonyl (C=O) groups is 2. The van der Waals surface area contributed by atoms with E-state index < -0.39 is 94.9 Å². The Labute approximate surface area is 340 Å². The van der Waals surface area contributed by atoms with Crippen molar-refractivity contribution in [2.24, 2.45) is 24.3 Å². The van der Waals surface area contributed by atoms with E-state index >= 15 is 0 Å². The zero-order valence-corrected chi connectivity index (χ0v) is 34.9. The van der Waals surface area contributed by atoms with Crippen molar-refractivity contribution >= 4 is 11.7 Å². The number of ketones is 1. The molecular formula is C44H62N2O12. The Hall–Kier alpha value is -4.25. The number of rotatable bonds is 17. The van der Waals surface area contributed by atoms with Gasteiger partial charge in [0, 0.05) is 38.2 Å². The third kappa shape index (κ3) is 10.9. The number of ether oxygens (including phenoxy) is 3. The highest BCUT2D eigenvalue weighted by atomic mass is 16.7. The van der Waals surface area contributed by atoms with Crippen LogP contribution < -0.4 is 10.9 Å². The maximum Gasteiger partial charge on any atom is 0.265 e. The van der Waals surface area contributed by atoms with Gasteiger partial charge in [0.15, 0.2) is 5.78 Å². The fourth-order valence-electron chi connectivity index (χ4n) is 7.27. The third-order valence-electron chi connectivity index (χ3n) is 11.0. The Balaban J connectivity index is 1.61. The molecule has 2 aliphatic heterocycles. The van der Waals surface area contributed by atoms with Gasteiger partial charge in [-0.1, -0.05) is 101 Å². The molecule has 320 valence electrons. The van der Waals surface area contributed by atoms with Crippen LogP contribution in [0.4, 0.5) is 0 Å². The summed E-state index contributed by atoms with van der Waals surface area (Å²) in [7, 11) is 3.01. The van der Waals surface area contributed by atoms with Crippen LogP contribution in [0.5, 0.6) is 5.75 Å². The molecule has 3 heterocycles. The van der Waals surface area contributed by atoms with Crippen LogP contribution >= 0.6 is 0 Å². The minimum absolute atomic E-state index is 0.0818. The Morgan fingerprint density at radius 3 is 2.31 bits per heavy atom. The summed E-state index contributed by atoms with van der Waals surface area (Å²) in [5, 5.41) is 68.0. The second-order valence-corrected chi connectivity index (χ2v) is 15.5. The monoisotopic (exact) mass is 810 g/mol. The van der Waals surface area contributed by atoms with Crippen molar-refractivity contribution in [3.8, 4) is 5.75 Å². The third-order valence-corrected chi connectivity index (χ3v) is 11.0. The standard InChI is InChI=1S/C44H62N2O12/c1-10-12-14-22-32-43(6,7)39(51)40(52)44(55,58-32)29(11-2)41(53)45-24-18-17-20-27(4)37(56-9)28(5)38-36(50)35(49)31(57-38)21-16-13-15-19-26(3)34(48)33-30(47)23-25-46(8)42(33)54/h10,12-23,25,28-29,31-32,35-40,47,49-52,55H,11,24H2,1-9H3,(H,45,53)/t28-,29-,31-,32+,35-,36+,37+,38-,39+,40+,44+/m1/s1. The number of nitrogens with one attached hydrogen (secondary N) is 1. The molecule has 1 amide bonds. The van der Waals surface area contributed by atoms with Gasteiger partial charge in [-0.2, -0.15) is 0 Å². The molecule has 3 rings (SSSR count). The molecule has 14 heteroatoms. The van der Waals surface area contributed by atoms with Gasteiger partial charge in [-0.05, 0) is 44.4 Å². The summed E-state index contributed by atoms with van der Waals surface area (Å²) in [5.74, 6) is -5.51. The lowest BCUT2D eigenvalue weighted by atomic mass is 9.71. The number of aromatic hydroxyl groups is 1. The van der Waals surface area contributed by atoms with Gasteiger partial charge in [-0.25, -0.2) is 0 Å². The topological polar surface area (TPSA) is 217 Å². The number of Topliss-reactive ketones (excluding diaryl/α,β-unsaturated/α-hetero) is 1. The van der Waals surface area contributed by atoms with Gasteiger partial charge in [0.05, 0.1) is 30.3 Å². The molecule has 0 aliphatic carbocycles. The largest absolute Gasteiger partial charge is 0.507 e. The molecule has 0 bridgehead atoms. The normalized spacial score (nSPS) is 29.9. The molecule has 0 spiro atoms. The number of hydrogen-bond acceptors (Lipinski definition) is 12. The number of pyridine rings is 1. The van der Waals surface area contributed by atoms with E-state index in [1.54, 1.807) is 81.5 Å². The number of carbonyl (C=O) groups excluding carboxylic acids is 2. The number of aliphatic hydroxyl groups excluding tert-OH is 4. The molecule has 0 saturated carbocycles. The summed E-state index contributed by atoms with van der Waals surface area (Å²) in [5.41, 5.74) is -0.881. The molecule has 58 heavy (non-hydrogen) atoms. The summed E-state index contributed by atoms with van der Waals surface area (Å²) in [6.45, 7) is 12.2. The van der Waals surface area contributed by atoms with Crippen LogP contribution in [0.15, 0.2) is 101 Å². The van der Waals surface area contributed by atoms with Gasteiger partial charge in [-0.15, -0.1) is 0 Å². The lowest BCUT2D eigenvalue weighted by molar-refractivity contribution is -0.359. The molecular weight excluding hydrogens is 748 g/mol. The van der Waals surface area contributed by atoms with Crippen LogP contribution in [0, 0.1) is 17.3 Å². The molecule has 14 nitrogen and oxygen atoms in total. The van der Waals surface area contributed by atoms with Crippen LogP contribution in [-0.4, -0.2) is 115 Å².